The first-order valence-electron chi connectivity index (χ1n) is 13.0. The summed E-state index contributed by atoms with van der Waals surface area (Å²) in [6, 6.07) is 12.1. The number of morpholine rings is 2. The standard InChI is InChI=1S/C27H29N7O5/c1-17-21-7-6-20(16-22(21)24(35)39-17)29-27(36)28-19-4-2-18(3-5-19)23-30-25(33-8-12-37-13-9-33)32-26(31-23)34-10-14-38-15-11-34/h2-7,16-17H,8-15H2,1H3,(H2,28,29,36). The lowest BCUT2D eigenvalue weighted by Gasteiger charge is -2.30. The number of esters is 1. The third-order valence-corrected chi connectivity index (χ3v) is 6.85. The fraction of sp³-hybridized carbons (Fsp3) is 0.370. The molecule has 2 fully saturated rings. The van der Waals surface area contributed by atoms with E-state index >= 15 is 0 Å². The van der Waals surface area contributed by atoms with Gasteiger partial charge in [0.15, 0.2) is 5.82 Å². The number of amides is 2. The highest BCUT2D eigenvalue weighted by Crippen LogP contribution is 2.32. The van der Waals surface area contributed by atoms with Gasteiger partial charge in [-0.2, -0.15) is 15.0 Å². The number of anilines is 4. The Hall–Kier alpha value is -4.29. The van der Waals surface area contributed by atoms with Crippen molar-refractivity contribution in [2.24, 2.45) is 0 Å². The molecule has 202 valence electrons. The van der Waals surface area contributed by atoms with Crippen molar-refractivity contribution < 1.29 is 23.8 Å². The fourth-order valence-corrected chi connectivity index (χ4v) is 4.74. The molecule has 3 aliphatic rings. The maximum Gasteiger partial charge on any atom is 0.339 e. The van der Waals surface area contributed by atoms with Crippen molar-refractivity contribution >= 4 is 35.3 Å². The zero-order valence-electron chi connectivity index (χ0n) is 21.6. The molecule has 2 N–H and O–H groups in total. The van der Waals surface area contributed by atoms with E-state index in [1.54, 1.807) is 30.3 Å². The summed E-state index contributed by atoms with van der Waals surface area (Å²) < 4.78 is 16.2. The summed E-state index contributed by atoms with van der Waals surface area (Å²) in [4.78, 5) is 43.1. The predicted molar refractivity (Wildman–Crippen MR) is 144 cm³/mol. The lowest BCUT2D eigenvalue weighted by molar-refractivity contribution is 0.0421. The van der Waals surface area contributed by atoms with Gasteiger partial charge < -0.3 is 34.6 Å². The molecule has 0 saturated carbocycles. The normalized spacial score (nSPS) is 18.9. The maximum absolute atomic E-state index is 12.6. The Labute approximate surface area is 225 Å². The van der Waals surface area contributed by atoms with Crippen molar-refractivity contribution in [1.82, 2.24) is 15.0 Å². The van der Waals surface area contributed by atoms with Gasteiger partial charge in [-0.25, -0.2) is 9.59 Å². The van der Waals surface area contributed by atoms with Crippen molar-refractivity contribution in [3.05, 3.63) is 53.6 Å². The SMILES string of the molecule is CC1OC(=O)c2cc(NC(=O)Nc3ccc(-c4nc(N5CCOCC5)nc(N5CCOCC5)n4)cc3)ccc21. The molecule has 1 unspecified atom stereocenters. The van der Waals surface area contributed by atoms with Crippen LogP contribution in [0.4, 0.5) is 28.1 Å². The molecule has 12 heteroatoms. The van der Waals surface area contributed by atoms with Crippen LogP contribution in [-0.2, 0) is 14.2 Å². The molecule has 2 aromatic carbocycles. The van der Waals surface area contributed by atoms with Crippen LogP contribution >= 0.6 is 0 Å². The molecule has 0 radical (unpaired) electrons. The van der Waals surface area contributed by atoms with Crippen LogP contribution < -0.4 is 20.4 Å². The molecular weight excluding hydrogens is 502 g/mol. The Balaban J connectivity index is 1.18. The van der Waals surface area contributed by atoms with Crippen LogP contribution in [0.25, 0.3) is 11.4 Å². The van der Waals surface area contributed by atoms with E-state index < -0.39 is 6.03 Å². The number of carbonyl (C=O) groups excluding carboxylic acids is 2. The number of cyclic esters (lactones) is 1. The number of benzene rings is 2. The number of urea groups is 1. The first-order chi connectivity index (χ1) is 19.0. The van der Waals surface area contributed by atoms with E-state index in [9.17, 15) is 9.59 Å². The van der Waals surface area contributed by atoms with Crippen LogP contribution in [0.3, 0.4) is 0 Å². The number of fused-ring (bicyclic) bond motifs is 1. The first-order valence-corrected chi connectivity index (χ1v) is 13.0. The maximum atomic E-state index is 12.6. The van der Waals surface area contributed by atoms with E-state index in [1.165, 1.54) is 0 Å². The van der Waals surface area contributed by atoms with Crippen LogP contribution in [0.5, 0.6) is 0 Å². The molecule has 4 heterocycles. The summed E-state index contributed by atoms with van der Waals surface area (Å²) in [5.74, 6) is 1.42. The second-order valence-corrected chi connectivity index (χ2v) is 9.46. The second-order valence-electron chi connectivity index (χ2n) is 9.46. The molecule has 2 saturated heterocycles. The van der Waals surface area contributed by atoms with E-state index in [4.69, 9.17) is 29.2 Å². The Kier molecular flexibility index (Phi) is 6.95. The number of hydrogen-bond acceptors (Lipinski definition) is 10. The van der Waals surface area contributed by atoms with Crippen molar-refractivity contribution in [2.45, 2.75) is 13.0 Å². The summed E-state index contributed by atoms with van der Waals surface area (Å²) in [6.07, 6.45) is -0.284. The third-order valence-electron chi connectivity index (χ3n) is 6.85. The molecule has 39 heavy (non-hydrogen) atoms. The summed E-state index contributed by atoms with van der Waals surface area (Å²) in [5, 5.41) is 5.59. The Morgan fingerprint density at radius 2 is 1.38 bits per heavy atom. The van der Waals surface area contributed by atoms with Gasteiger partial charge in [-0.15, -0.1) is 0 Å². The monoisotopic (exact) mass is 531 g/mol. The molecular formula is C27H29N7O5. The molecule has 1 atom stereocenters. The Bertz CT molecular complexity index is 1340. The van der Waals surface area contributed by atoms with Gasteiger partial charge in [-0.05, 0) is 43.3 Å². The molecule has 1 aromatic heterocycles. The van der Waals surface area contributed by atoms with Gasteiger partial charge in [-0.3, -0.25) is 0 Å². The lowest BCUT2D eigenvalue weighted by Crippen LogP contribution is -2.40. The lowest BCUT2D eigenvalue weighted by atomic mass is 10.1. The molecule has 3 aliphatic heterocycles. The largest absolute Gasteiger partial charge is 0.454 e. The fourth-order valence-electron chi connectivity index (χ4n) is 4.74. The highest BCUT2D eigenvalue weighted by atomic mass is 16.5. The molecule has 3 aromatic rings. The third kappa shape index (κ3) is 5.47. The smallest absolute Gasteiger partial charge is 0.339 e. The number of nitrogens with one attached hydrogen (secondary N) is 2. The second kappa shape index (κ2) is 10.8. The van der Waals surface area contributed by atoms with Gasteiger partial charge in [0.2, 0.25) is 11.9 Å². The van der Waals surface area contributed by atoms with Gasteiger partial charge in [-0.1, -0.05) is 6.07 Å². The van der Waals surface area contributed by atoms with Crippen LogP contribution in [0, 0.1) is 0 Å². The zero-order chi connectivity index (χ0) is 26.8. The van der Waals surface area contributed by atoms with E-state index in [1.807, 2.05) is 19.1 Å². The summed E-state index contributed by atoms with van der Waals surface area (Å²) in [7, 11) is 0. The summed E-state index contributed by atoms with van der Waals surface area (Å²) in [6.45, 7) is 7.20. The van der Waals surface area contributed by atoms with Gasteiger partial charge in [0.25, 0.3) is 0 Å². The first kappa shape index (κ1) is 25.0. The molecule has 6 rings (SSSR count). The molecule has 0 bridgehead atoms. The van der Waals surface area contributed by atoms with Gasteiger partial charge >= 0.3 is 12.0 Å². The van der Waals surface area contributed by atoms with Crippen molar-refractivity contribution in [3.8, 4) is 11.4 Å². The van der Waals surface area contributed by atoms with Crippen molar-refractivity contribution in [2.75, 3.05) is 73.0 Å². The highest BCUT2D eigenvalue weighted by Gasteiger charge is 2.28. The average Bonchev–Trinajstić information content (AvgIpc) is 3.26. The molecule has 0 spiro atoms. The zero-order valence-corrected chi connectivity index (χ0v) is 21.6. The minimum absolute atomic E-state index is 0.284. The van der Waals surface area contributed by atoms with Crippen LogP contribution in [0.15, 0.2) is 42.5 Å². The minimum Gasteiger partial charge on any atom is -0.454 e. The molecule has 0 aliphatic carbocycles. The molecule has 12 nitrogen and oxygen atoms in total. The molecule has 2 amide bonds. The highest BCUT2D eigenvalue weighted by molar-refractivity contribution is 6.01. The van der Waals surface area contributed by atoms with Crippen LogP contribution in [0.1, 0.15) is 28.9 Å². The van der Waals surface area contributed by atoms with E-state index in [-0.39, 0.29) is 12.1 Å². The van der Waals surface area contributed by atoms with Crippen molar-refractivity contribution in [1.29, 1.82) is 0 Å². The van der Waals surface area contributed by atoms with E-state index in [0.29, 0.717) is 87.3 Å². The Morgan fingerprint density at radius 1 is 0.821 bits per heavy atom. The predicted octanol–water partition coefficient (Wildman–Crippen LogP) is 3.09. The Morgan fingerprint density at radius 3 is 2.00 bits per heavy atom. The number of nitrogens with zero attached hydrogens (tertiary/aromatic N) is 5. The summed E-state index contributed by atoms with van der Waals surface area (Å²) >= 11 is 0. The van der Waals surface area contributed by atoms with Crippen molar-refractivity contribution in [3.63, 3.8) is 0 Å². The van der Waals surface area contributed by atoms with Crippen LogP contribution in [0.2, 0.25) is 0 Å². The van der Waals surface area contributed by atoms with Gasteiger partial charge in [0, 0.05) is 48.7 Å². The van der Waals surface area contributed by atoms with Gasteiger partial charge in [0.1, 0.15) is 6.10 Å². The van der Waals surface area contributed by atoms with E-state index in [0.717, 1.165) is 11.1 Å². The number of rotatable bonds is 5. The average molecular weight is 532 g/mol. The number of carbonyl (C=O) groups is 2. The van der Waals surface area contributed by atoms with Gasteiger partial charge in [0.05, 0.1) is 32.0 Å². The topological polar surface area (TPSA) is 131 Å². The minimum atomic E-state index is -0.425. The summed E-state index contributed by atoms with van der Waals surface area (Å²) in [5.41, 5.74) is 3.19. The van der Waals surface area contributed by atoms with E-state index in [2.05, 4.69) is 20.4 Å². The quantitative estimate of drug-likeness (QED) is 0.474. The number of aromatic nitrogens is 3. The number of hydrogen-bond donors (Lipinski definition) is 2. The van der Waals surface area contributed by atoms with Crippen LogP contribution in [-0.4, -0.2) is 79.6 Å². The number of ether oxygens (including phenoxy) is 3.